The summed E-state index contributed by atoms with van der Waals surface area (Å²) < 4.78 is 5.01. The van der Waals surface area contributed by atoms with Gasteiger partial charge < -0.3 is 9.57 Å². The smallest absolute Gasteiger partial charge is 0.358 e. The first-order chi connectivity index (χ1) is 11.2. The lowest BCUT2D eigenvalue weighted by Crippen LogP contribution is -2.41. The van der Waals surface area contributed by atoms with Gasteiger partial charge in [0.05, 0.1) is 12.2 Å². The van der Waals surface area contributed by atoms with Gasteiger partial charge in [-0.25, -0.2) is 4.79 Å². The van der Waals surface area contributed by atoms with Crippen LogP contribution in [0.15, 0.2) is 54.9 Å². The zero-order chi connectivity index (χ0) is 16.5. The fourth-order valence-electron chi connectivity index (χ4n) is 1.93. The van der Waals surface area contributed by atoms with Gasteiger partial charge in [0, 0.05) is 18.8 Å². The first kappa shape index (κ1) is 16.6. The summed E-state index contributed by atoms with van der Waals surface area (Å²) in [5.41, 5.74) is 3.72. The van der Waals surface area contributed by atoms with Gasteiger partial charge in [0.15, 0.2) is 0 Å². The molecule has 0 saturated carbocycles. The molecule has 0 amide bonds. The Morgan fingerprint density at radius 1 is 1.17 bits per heavy atom. The SMILES string of the molecule is CCOC(=O)[C@@H](Cc1ccccc1)NOC(=O)c1cccnc1. The molecule has 1 atom stereocenters. The van der Waals surface area contributed by atoms with Gasteiger partial charge in [-0.1, -0.05) is 30.3 Å². The maximum Gasteiger partial charge on any atom is 0.358 e. The number of ether oxygens (including phenoxy) is 1. The molecule has 1 aromatic carbocycles. The van der Waals surface area contributed by atoms with Crippen molar-refractivity contribution in [2.75, 3.05) is 6.61 Å². The Morgan fingerprint density at radius 3 is 2.61 bits per heavy atom. The van der Waals surface area contributed by atoms with E-state index >= 15 is 0 Å². The molecule has 120 valence electrons. The second-order valence-corrected chi connectivity index (χ2v) is 4.74. The van der Waals surface area contributed by atoms with Gasteiger partial charge in [-0.2, -0.15) is 0 Å². The van der Waals surface area contributed by atoms with Crippen molar-refractivity contribution in [1.82, 2.24) is 10.5 Å². The standard InChI is InChI=1S/C17H18N2O4/c1-2-22-17(21)15(11-13-7-4-3-5-8-13)19-23-16(20)14-9-6-10-18-12-14/h3-10,12,15,19H,2,11H2,1H3/t15-/m1/s1. The van der Waals surface area contributed by atoms with Crippen LogP contribution in [-0.2, 0) is 20.8 Å². The van der Waals surface area contributed by atoms with Crippen LogP contribution in [0.4, 0.5) is 0 Å². The summed E-state index contributed by atoms with van der Waals surface area (Å²) in [6.45, 7) is 1.97. The molecule has 0 aliphatic carbocycles. The van der Waals surface area contributed by atoms with Gasteiger partial charge in [0.1, 0.15) is 6.04 Å². The van der Waals surface area contributed by atoms with E-state index in [0.29, 0.717) is 12.0 Å². The molecule has 1 aromatic heterocycles. The molecule has 0 aliphatic heterocycles. The Hall–Kier alpha value is -2.73. The van der Waals surface area contributed by atoms with E-state index in [2.05, 4.69) is 10.5 Å². The van der Waals surface area contributed by atoms with Gasteiger partial charge >= 0.3 is 11.9 Å². The highest BCUT2D eigenvalue weighted by molar-refractivity contribution is 5.89. The van der Waals surface area contributed by atoms with Crippen molar-refractivity contribution in [3.05, 3.63) is 66.0 Å². The van der Waals surface area contributed by atoms with Gasteiger partial charge in [-0.05, 0) is 24.6 Å². The first-order valence-corrected chi connectivity index (χ1v) is 7.28. The largest absolute Gasteiger partial charge is 0.465 e. The van der Waals surface area contributed by atoms with Gasteiger partial charge in [-0.15, -0.1) is 5.48 Å². The summed E-state index contributed by atoms with van der Waals surface area (Å²) in [5.74, 6) is -1.09. The van der Waals surface area contributed by atoms with E-state index < -0.39 is 18.0 Å². The minimum Gasteiger partial charge on any atom is -0.465 e. The number of hydroxylamine groups is 1. The molecular formula is C17H18N2O4. The lowest BCUT2D eigenvalue weighted by molar-refractivity contribution is -0.148. The topological polar surface area (TPSA) is 77.5 Å². The highest BCUT2D eigenvalue weighted by Gasteiger charge is 2.22. The predicted octanol–water partition coefficient (Wildman–Crippen LogP) is 1.92. The van der Waals surface area contributed by atoms with Gasteiger partial charge in [-0.3, -0.25) is 9.78 Å². The maximum atomic E-state index is 12.0. The van der Waals surface area contributed by atoms with E-state index in [1.165, 1.54) is 6.20 Å². The lowest BCUT2D eigenvalue weighted by Gasteiger charge is -2.16. The summed E-state index contributed by atoms with van der Waals surface area (Å²) in [5, 5.41) is 0. The number of esters is 1. The molecule has 0 spiro atoms. The zero-order valence-corrected chi connectivity index (χ0v) is 12.8. The van der Waals surface area contributed by atoms with Crippen LogP contribution in [0.3, 0.4) is 0 Å². The van der Waals surface area contributed by atoms with Crippen molar-refractivity contribution < 1.29 is 19.2 Å². The first-order valence-electron chi connectivity index (χ1n) is 7.28. The second kappa shape index (κ2) is 8.65. The third-order valence-corrected chi connectivity index (χ3v) is 3.04. The monoisotopic (exact) mass is 314 g/mol. The Balaban J connectivity index is 2.00. The summed E-state index contributed by atoms with van der Waals surface area (Å²) in [6.07, 6.45) is 3.29. The van der Waals surface area contributed by atoms with E-state index in [0.717, 1.165) is 5.56 Å². The Morgan fingerprint density at radius 2 is 1.96 bits per heavy atom. The molecule has 0 aliphatic rings. The molecule has 6 heteroatoms. The predicted molar refractivity (Wildman–Crippen MR) is 83.4 cm³/mol. The van der Waals surface area contributed by atoms with Crippen molar-refractivity contribution in [1.29, 1.82) is 0 Å². The number of hydrogen-bond donors (Lipinski definition) is 1. The number of nitrogens with one attached hydrogen (secondary N) is 1. The molecule has 1 heterocycles. The third-order valence-electron chi connectivity index (χ3n) is 3.04. The normalized spacial score (nSPS) is 11.5. The minimum atomic E-state index is -0.780. The molecule has 2 rings (SSSR count). The highest BCUT2D eigenvalue weighted by Crippen LogP contribution is 2.06. The summed E-state index contributed by atoms with van der Waals surface area (Å²) in [6, 6.07) is 11.8. The number of carbonyl (C=O) groups excluding carboxylic acids is 2. The highest BCUT2D eigenvalue weighted by atomic mass is 16.7. The summed E-state index contributed by atoms with van der Waals surface area (Å²) in [4.78, 5) is 32.8. The molecule has 23 heavy (non-hydrogen) atoms. The Labute approximate surface area is 134 Å². The molecule has 0 radical (unpaired) electrons. The number of benzene rings is 1. The molecule has 0 fully saturated rings. The Kier molecular flexibility index (Phi) is 6.26. The fourth-order valence-corrected chi connectivity index (χ4v) is 1.93. The zero-order valence-electron chi connectivity index (χ0n) is 12.8. The lowest BCUT2D eigenvalue weighted by atomic mass is 10.1. The summed E-state index contributed by atoms with van der Waals surface area (Å²) in [7, 11) is 0. The van der Waals surface area contributed by atoms with Crippen LogP contribution in [0.25, 0.3) is 0 Å². The maximum absolute atomic E-state index is 12.0. The number of carbonyl (C=O) groups is 2. The van der Waals surface area contributed by atoms with E-state index in [9.17, 15) is 9.59 Å². The van der Waals surface area contributed by atoms with Crippen LogP contribution in [-0.4, -0.2) is 29.6 Å². The average molecular weight is 314 g/mol. The van der Waals surface area contributed by atoms with Crippen LogP contribution in [0, 0.1) is 0 Å². The van der Waals surface area contributed by atoms with Crippen LogP contribution < -0.4 is 5.48 Å². The van der Waals surface area contributed by atoms with E-state index in [1.807, 2.05) is 30.3 Å². The van der Waals surface area contributed by atoms with E-state index in [4.69, 9.17) is 9.57 Å². The van der Waals surface area contributed by atoms with Gasteiger partial charge in [0.25, 0.3) is 0 Å². The molecule has 0 bridgehead atoms. The molecule has 6 nitrogen and oxygen atoms in total. The fraction of sp³-hybridized carbons (Fsp3) is 0.235. The Bertz CT molecular complexity index is 632. The minimum absolute atomic E-state index is 0.252. The van der Waals surface area contributed by atoms with E-state index in [1.54, 1.807) is 25.3 Å². The van der Waals surface area contributed by atoms with Crippen molar-refractivity contribution in [2.45, 2.75) is 19.4 Å². The average Bonchev–Trinajstić information content (AvgIpc) is 2.60. The molecule has 1 N–H and O–H groups in total. The van der Waals surface area contributed by atoms with Crippen molar-refractivity contribution >= 4 is 11.9 Å². The second-order valence-electron chi connectivity index (χ2n) is 4.74. The quantitative estimate of drug-likeness (QED) is 0.621. The number of aromatic nitrogens is 1. The third kappa shape index (κ3) is 5.19. The number of rotatable bonds is 7. The number of nitrogens with zero attached hydrogens (tertiary/aromatic N) is 1. The van der Waals surface area contributed by atoms with E-state index in [-0.39, 0.29) is 6.61 Å². The number of pyridine rings is 1. The molecule has 0 unspecified atom stereocenters. The van der Waals surface area contributed by atoms with Crippen molar-refractivity contribution in [3.8, 4) is 0 Å². The molecule has 2 aromatic rings. The summed E-state index contributed by atoms with van der Waals surface area (Å²) >= 11 is 0. The molecule has 0 saturated heterocycles. The van der Waals surface area contributed by atoms with Crippen LogP contribution in [0.1, 0.15) is 22.8 Å². The number of hydrogen-bond acceptors (Lipinski definition) is 6. The van der Waals surface area contributed by atoms with Crippen molar-refractivity contribution in [3.63, 3.8) is 0 Å². The van der Waals surface area contributed by atoms with Crippen LogP contribution >= 0.6 is 0 Å². The van der Waals surface area contributed by atoms with Crippen LogP contribution in [0.5, 0.6) is 0 Å². The molecular weight excluding hydrogens is 296 g/mol. The van der Waals surface area contributed by atoms with Crippen molar-refractivity contribution in [2.24, 2.45) is 0 Å². The van der Waals surface area contributed by atoms with Gasteiger partial charge in [0.2, 0.25) is 0 Å². The van der Waals surface area contributed by atoms with Crippen LogP contribution in [0.2, 0.25) is 0 Å².